The first kappa shape index (κ1) is 10.6. The van der Waals surface area contributed by atoms with Crippen LogP contribution in [-0.2, 0) is 18.0 Å². The molecule has 2 heterocycles. The van der Waals surface area contributed by atoms with Crippen molar-refractivity contribution in [3.05, 3.63) is 28.6 Å². The molecule has 1 aromatic rings. The van der Waals surface area contributed by atoms with Gasteiger partial charge in [0, 0.05) is 17.0 Å². The highest BCUT2D eigenvalue weighted by Gasteiger charge is 2.20. The van der Waals surface area contributed by atoms with Gasteiger partial charge in [0.15, 0.2) is 0 Å². The third-order valence-corrected chi connectivity index (χ3v) is 2.91. The van der Waals surface area contributed by atoms with Crippen molar-refractivity contribution >= 4 is 0 Å². The van der Waals surface area contributed by atoms with Crippen molar-refractivity contribution in [2.75, 3.05) is 0 Å². The molecule has 2 heteroatoms. The summed E-state index contributed by atoms with van der Waals surface area (Å²) in [5.74, 6) is 0.979. The fourth-order valence-corrected chi connectivity index (χ4v) is 2.00. The Bertz CT molecular complexity index is 369. The van der Waals surface area contributed by atoms with E-state index in [2.05, 4.69) is 33.8 Å². The lowest BCUT2D eigenvalue weighted by molar-refractivity contribution is 0.134. The molecule has 1 aromatic heterocycles. The fourth-order valence-electron chi connectivity index (χ4n) is 2.00. The predicted octanol–water partition coefficient (Wildman–Crippen LogP) is 3.36. The van der Waals surface area contributed by atoms with Gasteiger partial charge in [0.25, 0.3) is 0 Å². The van der Waals surface area contributed by atoms with Gasteiger partial charge in [-0.2, -0.15) is 0 Å². The van der Waals surface area contributed by atoms with Gasteiger partial charge < -0.3 is 4.74 Å². The zero-order valence-corrected chi connectivity index (χ0v) is 10.0. The highest BCUT2D eigenvalue weighted by Crippen LogP contribution is 2.29. The number of fused-ring (bicyclic) bond motifs is 1. The average Bonchev–Trinajstić information content (AvgIpc) is 2.62. The maximum absolute atomic E-state index is 5.50. The molecular weight excluding hydrogens is 186 g/mol. The quantitative estimate of drug-likeness (QED) is 0.738. The van der Waals surface area contributed by atoms with Gasteiger partial charge in [-0.1, -0.05) is 27.7 Å². The summed E-state index contributed by atoms with van der Waals surface area (Å²) in [7, 11) is 0. The van der Waals surface area contributed by atoms with Crippen molar-refractivity contribution < 1.29 is 4.74 Å². The Hall–Kier alpha value is -0.890. The summed E-state index contributed by atoms with van der Waals surface area (Å²) in [6.07, 6.45) is 0. The van der Waals surface area contributed by atoms with Gasteiger partial charge in [-0.15, -0.1) is 0 Å². The van der Waals surface area contributed by atoms with E-state index in [0.29, 0.717) is 11.8 Å². The molecule has 0 amide bonds. The highest BCUT2D eigenvalue weighted by atomic mass is 16.5. The highest BCUT2D eigenvalue weighted by molar-refractivity contribution is 5.36. The number of rotatable bonds is 2. The smallest absolute Gasteiger partial charge is 0.0742 e. The molecule has 2 nitrogen and oxygen atoms in total. The van der Waals surface area contributed by atoms with Gasteiger partial charge in [0.1, 0.15) is 0 Å². The zero-order valence-electron chi connectivity index (χ0n) is 10.0. The molecule has 0 atom stereocenters. The van der Waals surface area contributed by atoms with Gasteiger partial charge in [-0.05, 0) is 23.5 Å². The summed E-state index contributed by atoms with van der Waals surface area (Å²) in [5, 5.41) is 0. The normalized spacial score (nSPS) is 15.1. The van der Waals surface area contributed by atoms with Crippen molar-refractivity contribution in [2.24, 2.45) is 0 Å². The van der Waals surface area contributed by atoms with E-state index < -0.39 is 0 Å². The first-order chi connectivity index (χ1) is 7.09. The summed E-state index contributed by atoms with van der Waals surface area (Å²) in [6, 6.07) is 2.21. The Labute approximate surface area is 91.7 Å². The lowest BCUT2D eigenvalue weighted by atomic mass is 9.98. The number of hydrogen-bond acceptors (Lipinski definition) is 2. The topological polar surface area (TPSA) is 22.1 Å². The summed E-state index contributed by atoms with van der Waals surface area (Å²) < 4.78 is 5.50. The van der Waals surface area contributed by atoms with Crippen LogP contribution in [0.1, 0.15) is 62.0 Å². The van der Waals surface area contributed by atoms with E-state index in [1.165, 1.54) is 22.5 Å². The van der Waals surface area contributed by atoms with Gasteiger partial charge in [-0.3, -0.25) is 4.98 Å². The molecule has 0 spiro atoms. The van der Waals surface area contributed by atoms with E-state index in [4.69, 9.17) is 9.72 Å². The minimum Gasteiger partial charge on any atom is -0.372 e. The number of pyridine rings is 1. The second-order valence-electron chi connectivity index (χ2n) is 4.87. The van der Waals surface area contributed by atoms with Crippen LogP contribution >= 0.6 is 0 Å². The van der Waals surface area contributed by atoms with Crippen LogP contribution in [0.2, 0.25) is 0 Å². The third kappa shape index (κ3) is 1.91. The van der Waals surface area contributed by atoms with Crippen LogP contribution in [0.15, 0.2) is 6.07 Å². The maximum atomic E-state index is 5.50. The first-order valence-corrected chi connectivity index (χ1v) is 5.70. The number of ether oxygens (including phenoxy) is 1. The molecule has 0 bridgehead atoms. The third-order valence-electron chi connectivity index (χ3n) is 2.91. The van der Waals surface area contributed by atoms with Gasteiger partial charge in [0.05, 0.1) is 13.2 Å². The summed E-state index contributed by atoms with van der Waals surface area (Å²) in [5.41, 5.74) is 5.10. The molecular formula is C13H19NO. The Morgan fingerprint density at radius 1 is 1.13 bits per heavy atom. The van der Waals surface area contributed by atoms with Crippen molar-refractivity contribution in [3.8, 4) is 0 Å². The SMILES string of the molecule is CC(C)c1cc2c(c(C(C)C)n1)COC2. The second-order valence-corrected chi connectivity index (χ2v) is 4.87. The minimum absolute atomic E-state index is 0.485. The molecule has 82 valence electrons. The molecule has 1 aliphatic rings. The number of nitrogens with zero attached hydrogens (tertiary/aromatic N) is 1. The van der Waals surface area contributed by atoms with E-state index in [0.717, 1.165) is 13.2 Å². The Kier molecular flexibility index (Phi) is 2.79. The maximum Gasteiger partial charge on any atom is 0.0742 e. The van der Waals surface area contributed by atoms with Crippen molar-refractivity contribution in [1.29, 1.82) is 0 Å². The van der Waals surface area contributed by atoms with Crippen molar-refractivity contribution in [2.45, 2.75) is 52.7 Å². The monoisotopic (exact) mass is 205 g/mol. The van der Waals surface area contributed by atoms with Gasteiger partial charge >= 0.3 is 0 Å². The van der Waals surface area contributed by atoms with Crippen LogP contribution in [0, 0.1) is 0 Å². The summed E-state index contributed by atoms with van der Waals surface area (Å²) in [6.45, 7) is 10.3. The molecule has 2 rings (SSSR count). The van der Waals surface area contributed by atoms with Crippen molar-refractivity contribution in [1.82, 2.24) is 4.98 Å². The molecule has 0 unspecified atom stereocenters. The second kappa shape index (κ2) is 3.93. The van der Waals surface area contributed by atoms with Crippen molar-refractivity contribution in [3.63, 3.8) is 0 Å². The van der Waals surface area contributed by atoms with E-state index in [9.17, 15) is 0 Å². The molecule has 0 saturated heterocycles. The van der Waals surface area contributed by atoms with E-state index in [1.54, 1.807) is 0 Å². The molecule has 0 fully saturated rings. The van der Waals surface area contributed by atoms with E-state index in [-0.39, 0.29) is 0 Å². The molecule has 15 heavy (non-hydrogen) atoms. The molecule has 0 saturated carbocycles. The summed E-state index contributed by atoms with van der Waals surface area (Å²) in [4.78, 5) is 4.76. The molecule has 0 aromatic carbocycles. The van der Waals surface area contributed by atoms with Gasteiger partial charge in [0.2, 0.25) is 0 Å². The summed E-state index contributed by atoms with van der Waals surface area (Å²) >= 11 is 0. The fraction of sp³-hybridized carbons (Fsp3) is 0.615. The average molecular weight is 205 g/mol. The van der Waals surface area contributed by atoms with Crippen LogP contribution in [0.3, 0.4) is 0 Å². The Morgan fingerprint density at radius 3 is 2.47 bits per heavy atom. The predicted molar refractivity (Wildman–Crippen MR) is 60.9 cm³/mol. The zero-order chi connectivity index (χ0) is 11.0. The molecule has 1 aliphatic heterocycles. The molecule has 0 aliphatic carbocycles. The van der Waals surface area contributed by atoms with E-state index in [1.807, 2.05) is 0 Å². The van der Waals surface area contributed by atoms with Crippen LogP contribution in [-0.4, -0.2) is 4.98 Å². The first-order valence-electron chi connectivity index (χ1n) is 5.70. The standard InChI is InChI=1S/C13H19NO/c1-8(2)12-5-10-6-15-7-11(10)13(14-12)9(3)4/h5,8-9H,6-7H2,1-4H3. The van der Waals surface area contributed by atoms with Crippen LogP contribution in [0.4, 0.5) is 0 Å². The lowest BCUT2D eigenvalue weighted by Gasteiger charge is -2.14. The van der Waals surface area contributed by atoms with Gasteiger partial charge in [-0.25, -0.2) is 0 Å². The Balaban J connectivity index is 2.52. The molecule has 0 N–H and O–H groups in total. The largest absolute Gasteiger partial charge is 0.372 e. The number of hydrogen-bond donors (Lipinski definition) is 0. The Morgan fingerprint density at radius 2 is 1.87 bits per heavy atom. The van der Waals surface area contributed by atoms with Crippen LogP contribution in [0.5, 0.6) is 0 Å². The molecule has 0 radical (unpaired) electrons. The lowest BCUT2D eigenvalue weighted by Crippen LogP contribution is -2.04. The minimum atomic E-state index is 0.485. The van der Waals surface area contributed by atoms with Crippen LogP contribution in [0.25, 0.3) is 0 Å². The number of aromatic nitrogens is 1. The van der Waals surface area contributed by atoms with Crippen LogP contribution < -0.4 is 0 Å². The van der Waals surface area contributed by atoms with E-state index >= 15 is 0 Å².